The number of aliphatic imine (C=N–C) groups is 1. The number of aliphatic hydroxyl groups excluding tert-OH is 2. The van der Waals surface area contributed by atoms with Crippen molar-refractivity contribution in [2.45, 2.75) is 49.8 Å². The first kappa shape index (κ1) is 19.0. The molecule has 0 unspecified atom stereocenters. The Labute approximate surface area is 143 Å². The largest absolute Gasteiger partial charge is 0.478 e. The number of carboxylic acid groups (broad SMARTS) is 1. The van der Waals surface area contributed by atoms with E-state index in [-0.39, 0.29) is 19.0 Å². The third-order valence-electron chi connectivity index (χ3n) is 3.95. The van der Waals surface area contributed by atoms with Gasteiger partial charge in [0.15, 0.2) is 5.96 Å². The molecule has 0 aromatic heterocycles. The fraction of sp³-hybridized carbons (Fsp3) is 0.643. The zero-order valence-electron chi connectivity index (χ0n) is 13.5. The van der Waals surface area contributed by atoms with Gasteiger partial charge >= 0.3 is 5.97 Å². The number of guanidine groups is 1. The molecular weight excluding hydrogens is 336 g/mol. The number of aliphatic carboxylic acids is 1. The van der Waals surface area contributed by atoms with Crippen molar-refractivity contribution in [1.82, 2.24) is 5.32 Å². The molecule has 2 aliphatic rings. The topological polar surface area (TPSA) is 190 Å². The Bertz CT molecular complexity index is 590. The number of carboxylic acids is 1. The van der Waals surface area contributed by atoms with E-state index in [4.69, 9.17) is 20.9 Å². The Hall–Kier alpha value is -2.37. The third-order valence-corrected chi connectivity index (χ3v) is 3.95. The summed E-state index contributed by atoms with van der Waals surface area (Å²) in [5, 5.41) is 31.3. The number of nitrogens with one attached hydrogen (secondary N) is 1. The number of hydrogen-bond acceptors (Lipinski definition) is 7. The highest BCUT2D eigenvalue weighted by molar-refractivity contribution is 5.85. The van der Waals surface area contributed by atoms with Crippen LogP contribution in [0.2, 0.25) is 0 Å². The molecule has 1 amide bonds. The summed E-state index contributed by atoms with van der Waals surface area (Å²) in [6.07, 6.45) is -2.70. The molecule has 25 heavy (non-hydrogen) atoms. The van der Waals surface area contributed by atoms with E-state index >= 15 is 0 Å². The zero-order valence-corrected chi connectivity index (χ0v) is 13.5. The van der Waals surface area contributed by atoms with Gasteiger partial charge < -0.3 is 41.6 Å². The van der Waals surface area contributed by atoms with E-state index in [1.807, 2.05) is 0 Å². The number of carbonyl (C=O) groups excluding carboxylic acids is 1. The van der Waals surface area contributed by atoms with Crippen molar-refractivity contribution in [3.05, 3.63) is 11.8 Å². The molecule has 1 fully saturated rings. The average Bonchev–Trinajstić information content (AvgIpc) is 2.50. The Kier molecular flexibility index (Phi) is 5.82. The molecule has 6 atom stereocenters. The number of aliphatic hydroxyl groups is 2. The van der Waals surface area contributed by atoms with Gasteiger partial charge in [0.1, 0.15) is 12.2 Å². The molecule has 0 bridgehead atoms. The summed E-state index contributed by atoms with van der Waals surface area (Å²) in [6.45, 7) is 1.12. The lowest BCUT2D eigenvalue weighted by atomic mass is 9.90. The number of nitrogens with two attached hydrogens (primary N) is 2. The molecule has 2 rings (SSSR count). The minimum atomic E-state index is -1.33. The number of carbonyl (C=O) groups is 2. The Morgan fingerprint density at radius 2 is 2.00 bits per heavy atom. The van der Waals surface area contributed by atoms with E-state index in [1.54, 1.807) is 0 Å². The molecule has 8 N–H and O–H groups in total. The standard InChI is InChI=1S/C14H22N4O7/c1-5(19)17-11-6(18-14(15)16)2-10(13(22)23)25-12(11)9-3-7(20)8(21)4-24-9/h2,6-9,11-12,20-21H,3-4H2,1H3,(H,17,19)(H,22,23)(H4,15,16,18)/t6-,7-,8+,9-,11+,12-/m0/s1. The van der Waals surface area contributed by atoms with E-state index in [9.17, 15) is 24.9 Å². The molecule has 140 valence electrons. The predicted molar refractivity (Wildman–Crippen MR) is 84.2 cm³/mol. The van der Waals surface area contributed by atoms with E-state index in [0.29, 0.717) is 0 Å². The maximum absolute atomic E-state index is 11.6. The fourth-order valence-electron chi connectivity index (χ4n) is 2.86. The number of amides is 1. The van der Waals surface area contributed by atoms with E-state index < -0.39 is 54.1 Å². The van der Waals surface area contributed by atoms with Crippen molar-refractivity contribution >= 4 is 17.8 Å². The number of hydrogen-bond donors (Lipinski definition) is 6. The van der Waals surface area contributed by atoms with E-state index in [2.05, 4.69) is 10.3 Å². The van der Waals surface area contributed by atoms with E-state index in [1.165, 1.54) is 13.0 Å². The van der Waals surface area contributed by atoms with Crippen molar-refractivity contribution < 1.29 is 34.4 Å². The van der Waals surface area contributed by atoms with Crippen molar-refractivity contribution in [3.8, 4) is 0 Å². The summed E-state index contributed by atoms with van der Waals surface area (Å²) in [6, 6.07) is -1.72. The molecule has 2 aliphatic heterocycles. The molecule has 2 heterocycles. The van der Waals surface area contributed by atoms with Crippen molar-refractivity contribution in [1.29, 1.82) is 0 Å². The fourth-order valence-corrected chi connectivity index (χ4v) is 2.86. The van der Waals surface area contributed by atoms with Crippen LogP contribution in [0, 0.1) is 0 Å². The molecule has 0 saturated carbocycles. The summed E-state index contributed by atoms with van der Waals surface area (Å²) in [5.74, 6) is -2.43. The summed E-state index contributed by atoms with van der Waals surface area (Å²) >= 11 is 0. The lowest BCUT2D eigenvalue weighted by Crippen LogP contribution is -2.60. The molecule has 0 aromatic rings. The molecule has 0 aromatic carbocycles. The minimum Gasteiger partial charge on any atom is -0.478 e. The first-order chi connectivity index (χ1) is 11.7. The summed E-state index contributed by atoms with van der Waals surface area (Å²) in [4.78, 5) is 26.8. The Balaban J connectivity index is 2.36. The highest BCUT2D eigenvalue weighted by Gasteiger charge is 2.45. The van der Waals surface area contributed by atoms with Crippen LogP contribution < -0.4 is 16.8 Å². The highest BCUT2D eigenvalue weighted by atomic mass is 16.6. The molecule has 11 heteroatoms. The van der Waals surface area contributed by atoms with Crippen LogP contribution in [0.4, 0.5) is 0 Å². The minimum absolute atomic E-state index is 0.0106. The molecule has 0 radical (unpaired) electrons. The van der Waals surface area contributed by atoms with Crippen LogP contribution >= 0.6 is 0 Å². The first-order valence-electron chi connectivity index (χ1n) is 7.64. The van der Waals surface area contributed by atoms with Gasteiger partial charge in [-0.2, -0.15) is 0 Å². The monoisotopic (exact) mass is 358 g/mol. The second-order valence-electron chi connectivity index (χ2n) is 5.93. The van der Waals surface area contributed by atoms with Gasteiger partial charge in [-0.15, -0.1) is 0 Å². The third kappa shape index (κ3) is 4.59. The van der Waals surface area contributed by atoms with Gasteiger partial charge in [0.25, 0.3) is 0 Å². The number of rotatable bonds is 4. The van der Waals surface area contributed by atoms with Crippen LogP contribution in [0.15, 0.2) is 16.8 Å². The average molecular weight is 358 g/mol. The number of nitrogens with zero attached hydrogens (tertiary/aromatic N) is 1. The van der Waals surface area contributed by atoms with Gasteiger partial charge in [-0.05, 0) is 6.08 Å². The van der Waals surface area contributed by atoms with E-state index in [0.717, 1.165) is 0 Å². The van der Waals surface area contributed by atoms with Crippen LogP contribution in [-0.2, 0) is 19.1 Å². The number of ether oxygens (including phenoxy) is 2. The Morgan fingerprint density at radius 3 is 2.52 bits per heavy atom. The first-order valence-corrected chi connectivity index (χ1v) is 7.64. The van der Waals surface area contributed by atoms with Crippen LogP contribution in [0.25, 0.3) is 0 Å². The summed E-state index contributed by atoms with van der Waals surface area (Å²) in [7, 11) is 0. The molecule has 0 aliphatic carbocycles. The smallest absolute Gasteiger partial charge is 0.370 e. The van der Waals surface area contributed by atoms with Crippen molar-refractivity contribution in [2.75, 3.05) is 6.61 Å². The van der Waals surface area contributed by atoms with Gasteiger partial charge in [-0.1, -0.05) is 0 Å². The van der Waals surface area contributed by atoms with Crippen LogP contribution in [0.5, 0.6) is 0 Å². The molecular formula is C14H22N4O7. The van der Waals surface area contributed by atoms with Crippen LogP contribution in [0.1, 0.15) is 13.3 Å². The van der Waals surface area contributed by atoms with Crippen LogP contribution in [-0.4, -0.2) is 76.3 Å². The van der Waals surface area contributed by atoms with Gasteiger partial charge in [-0.25, -0.2) is 9.79 Å². The summed E-state index contributed by atoms with van der Waals surface area (Å²) < 4.78 is 11.0. The second kappa shape index (κ2) is 7.68. The van der Waals surface area contributed by atoms with Crippen molar-refractivity contribution in [2.24, 2.45) is 16.5 Å². The van der Waals surface area contributed by atoms with Gasteiger partial charge in [0.05, 0.1) is 30.9 Å². The Morgan fingerprint density at radius 1 is 1.32 bits per heavy atom. The summed E-state index contributed by atoms with van der Waals surface area (Å²) in [5.41, 5.74) is 10.8. The molecule has 0 spiro atoms. The zero-order chi connectivity index (χ0) is 18.7. The van der Waals surface area contributed by atoms with Crippen LogP contribution in [0.3, 0.4) is 0 Å². The lowest BCUT2D eigenvalue weighted by molar-refractivity contribution is -0.168. The molecule has 1 saturated heterocycles. The second-order valence-corrected chi connectivity index (χ2v) is 5.93. The maximum Gasteiger partial charge on any atom is 0.370 e. The lowest BCUT2D eigenvalue weighted by Gasteiger charge is -2.42. The quantitative estimate of drug-likeness (QED) is 0.225. The van der Waals surface area contributed by atoms with Crippen molar-refractivity contribution in [3.63, 3.8) is 0 Å². The predicted octanol–water partition coefficient (Wildman–Crippen LogP) is -2.99. The maximum atomic E-state index is 11.6. The highest BCUT2D eigenvalue weighted by Crippen LogP contribution is 2.29. The molecule has 11 nitrogen and oxygen atoms in total. The SMILES string of the molecule is CC(=O)N[C@H]1[C@H]([C@@H]2C[C@H](O)[C@H](O)CO2)OC(C(=O)O)=C[C@@H]1N=C(N)N. The van der Waals surface area contributed by atoms with Gasteiger partial charge in [0.2, 0.25) is 11.7 Å². The van der Waals surface area contributed by atoms with Gasteiger partial charge in [0, 0.05) is 13.3 Å². The normalized spacial score (nSPS) is 35.1. The van der Waals surface area contributed by atoms with Gasteiger partial charge in [-0.3, -0.25) is 4.79 Å².